The lowest BCUT2D eigenvalue weighted by atomic mass is 9.89. The Labute approximate surface area is 578 Å². The minimum atomic E-state index is -1.12. The summed E-state index contributed by atoms with van der Waals surface area (Å²) in [5.41, 5.74) is 6.77. The van der Waals surface area contributed by atoms with Gasteiger partial charge in [-0.1, -0.05) is 118 Å². The number of benzene rings is 2. The summed E-state index contributed by atoms with van der Waals surface area (Å²) in [4.78, 5) is 151. The summed E-state index contributed by atoms with van der Waals surface area (Å²) in [6.07, 6.45) is 0.407. The van der Waals surface area contributed by atoms with Crippen LogP contribution < -0.4 is 43.0 Å². The van der Waals surface area contributed by atoms with Crippen LogP contribution in [0, 0.1) is 29.6 Å². The van der Waals surface area contributed by atoms with Crippen LogP contribution in [0.1, 0.15) is 157 Å². The minimum absolute atomic E-state index is 0.0798. The molecule has 1 fully saturated rings. The first-order chi connectivity index (χ1) is 45.8. The predicted molar refractivity (Wildman–Crippen MR) is 370 cm³/mol. The molecule has 0 aliphatic carbocycles. The van der Waals surface area contributed by atoms with E-state index in [1.54, 1.807) is 109 Å². The molecule has 1 aliphatic rings. The maximum atomic E-state index is 14.8. The first-order valence-electron chi connectivity index (χ1n) is 33.7. The van der Waals surface area contributed by atoms with Crippen molar-refractivity contribution < 1.29 is 76.8 Å². The molecule has 544 valence electrons. The van der Waals surface area contributed by atoms with E-state index in [2.05, 4.69) is 54.6 Å². The molecule has 13 atom stereocenters. The second kappa shape index (κ2) is 42.3. The van der Waals surface area contributed by atoms with Crippen LogP contribution in [0.5, 0.6) is 0 Å². The molecule has 1 saturated heterocycles. The van der Waals surface area contributed by atoms with Gasteiger partial charge in [-0.05, 0) is 92.4 Å². The number of hydrogen-bond acceptors (Lipinski definition) is 17. The molecule has 3 rings (SSSR count). The zero-order chi connectivity index (χ0) is 72.8. The summed E-state index contributed by atoms with van der Waals surface area (Å²) < 4.78 is 22.3. The number of primary amides is 1. The highest BCUT2D eigenvalue weighted by Gasteiger charge is 2.44. The summed E-state index contributed by atoms with van der Waals surface area (Å²) in [6.45, 7) is 18.6. The topological polar surface area (TPSA) is 365 Å². The number of amides is 11. The highest BCUT2D eigenvalue weighted by molar-refractivity contribution is 7.81. The molecule has 0 radical (unpaired) electrons. The summed E-state index contributed by atoms with van der Waals surface area (Å²) in [5.74, 6) is -6.27. The monoisotopic (exact) mass is 1380 g/mol. The molecule has 11 amide bonds. The average Bonchev–Trinajstić information content (AvgIpc) is 1.80. The first-order valence-corrected chi connectivity index (χ1v) is 34.3. The number of urea groups is 1. The number of rotatable bonds is 41. The number of carbonyl (C=O) groups excluding carboxylic acids is 11. The largest absolute Gasteiger partial charge is 0.469 e. The van der Waals surface area contributed by atoms with Crippen LogP contribution in [0.25, 0.3) is 0 Å². The van der Waals surface area contributed by atoms with Crippen LogP contribution in [0.15, 0.2) is 54.6 Å². The summed E-state index contributed by atoms with van der Waals surface area (Å²) in [6, 6.07) is 8.70. The molecule has 0 bridgehead atoms. The fraction of sp³-hybridized carbons (Fsp3) is 0.667. The summed E-state index contributed by atoms with van der Waals surface area (Å²) >= 11 is 4.14. The van der Waals surface area contributed by atoms with Crippen molar-refractivity contribution in [3.63, 3.8) is 0 Å². The van der Waals surface area contributed by atoms with E-state index < -0.39 is 131 Å². The van der Waals surface area contributed by atoms with E-state index in [0.29, 0.717) is 68.4 Å². The number of nitrogens with zero attached hydrogens (tertiary/aromatic N) is 3. The summed E-state index contributed by atoms with van der Waals surface area (Å²) in [7, 11) is 7.30. The van der Waals surface area contributed by atoms with Gasteiger partial charge in [0.1, 0.15) is 30.8 Å². The molecule has 0 aromatic heterocycles. The van der Waals surface area contributed by atoms with Crippen molar-refractivity contribution in [3.05, 3.63) is 65.7 Å². The highest BCUT2D eigenvalue weighted by Crippen LogP contribution is 2.31. The van der Waals surface area contributed by atoms with E-state index in [9.17, 15) is 57.8 Å². The number of unbranched alkanes of at least 4 members (excludes halogenated alkanes) is 2. The number of methoxy groups -OCH3 is 3. The number of ether oxygens (including phenoxy) is 4. The molecule has 97 heavy (non-hydrogen) atoms. The number of aliphatic hydroxyl groups excluding tert-OH is 1. The smallest absolute Gasteiger partial charge is 0.410 e. The Bertz CT molecular complexity index is 2870. The van der Waals surface area contributed by atoms with E-state index in [0.717, 1.165) is 0 Å². The predicted octanol–water partition coefficient (Wildman–Crippen LogP) is 5.13. The van der Waals surface area contributed by atoms with Gasteiger partial charge in [0.15, 0.2) is 0 Å². The molecule has 0 saturated carbocycles. The Kier molecular flexibility index (Phi) is 36.5. The van der Waals surface area contributed by atoms with Gasteiger partial charge in [0, 0.05) is 60.1 Å². The third kappa shape index (κ3) is 26.7. The van der Waals surface area contributed by atoms with Crippen molar-refractivity contribution in [1.82, 2.24) is 46.6 Å². The quantitative estimate of drug-likeness (QED) is 0.0234. The van der Waals surface area contributed by atoms with Crippen LogP contribution in [0.2, 0.25) is 0 Å². The first kappa shape index (κ1) is 83.7. The lowest BCUT2D eigenvalue weighted by molar-refractivity contribution is -0.148. The third-order valence-corrected chi connectivity index (χ3v) is 18.2. The molecule has 10 N–H and O–H groups in total. The van der Waals surface area contributed by atoms with E-state index in [1.165, 1.54) is 33.3 Å². The van der Waals surface area contributed by atoms with Gasteiger partial charge in [0.2, 0.25) is 47.3 Å². The fourth-order valence-corrected chi connectivity index (χ4v) is 12.2. The number of esters is 1. The number of likely N-dealkylation sites (tertiary alicyclic amines) is 1. The van der Waals surface area contributed by atoms with Gasteiger partial charge < -0.3 is 76.8 Å². The minimum Gasteiger partial charge on any atom is -0.469 e. The fourth-order valence-electron chi connectivity index (χ4n) is 11.9. The van der Waals surface area contributed by atoms with E-state index >= 15 is 0 Å². The third-order valence-electron chi connectivity index (χ3n) is 17.8. The molecule has 2 aromatic rings. The number of anilines is 1. The molecule has 2 aromatic carbocycles. The number of aliphatic hydroxyl groups is 1. The van der Waals surface area contributed by atoms with Crippen LogP contribution in [-0.4, -0.2) is 200 Å². The standard InChI is InChI=1S/C69H111N11O16S/c1-16-43(8)59(51(93-13)37-54(82)80-36-24-28-50(80)61(95-15)44(9)62(85)73-45(10)60(84)47-25-19-17-20-26-47)78(11)67(90)57(41(4)5)77-66(89)58(42(6)7)79(12)69(92)96-39-46-30-32-48(33-31-46)74-63(86)49(27-23-35-72-68(70)91)75-65(88)56(40(2)3)76-53(81)29-21-18-22-34-71-64(87)52(97)38-55(83)94-14/h17,19-20,25-26,30-33,40-45,49-52,56-61,84,97H,16,18,21-24,27-29,34-39H2,1-15H3,(H,71,87)(H,73,85)(H,74,86)(H,75,88)(H,76,81)(H,77,89)(H3,70,72,91)/t43-,44+,45+,49-,50-,51+,52?,56-,57-,58-,59-,60+,61+/m0/s1. The number of nitrogens with one attached hydrogen (secondary N) is 7. The molecule has 1 unspecified atom stereocenters. The number of nitrogens with two attached hydrogens (primary N) is 1. The Morgan fingerprint density at radius 2 is 1.33 bits per heavy atom. The Morgan fingerprint density at radius 3 is 1.91 bits per heavy atom. The van der Waals surface area contributed by atoms with Crippen molar-refractivity contribution in [3.8, 4) is 0 Å². The van der Waals surface area contributed by atoms with Crippen LogP contribution in [0.4, 0.5) is 15.3 Å². The van der Waals surface area contributed by atoms with Gasteiger partial charge in [-0.25, -0.2) is 9.59 Å². The lowest BCUT2D eigenvalue weighted by Gasteiger charge is -2.41. The van der Waals surface area contributed by atoms with E-state index in [-0.39, 0.29) is 74.8 Å². The van der Waals surface area contributed by atoms with Crippen LogP contribution >= 0.6 is 12.6 Å². The number of likely N-dealkylation sites (N-methyl/N-ethyl adjacent to an activating group) is 2. The molecule has 0 spiro atoms. The molecule has 1 heterocycles. The van der Waals surface area contributed by atoms with Gasteiger partial charge in [-0.15, -0.1) is 0 Å². The Morgan fingerprint density at radius 1 is 0.691 bits per heavy atom. The highest BCUT2D eigenvalue weighted by atomic mass is 32.1. The maximum absolute atomic E-state index is 14.8. The molecule has 1 aliphatic heterocycles. The zero-order valence-corrected chi connectivity index (χ0v) is 60.4. The SMILES string of the molecule is CC[C@H](C)[C@@H]([C@@H](CC(=O)N1CCC[C@H]1[C@H](OC)[C@@H](C)C(=O)N[C@H](C)[C@@H](O)c1ccccc1)OC)N(C)C(=O)[C@@H](NC(=O)[C@H](C(C)C)N(C)C(=O)OCc1ccc(NC(=O)[C@H](CCCNC(N)=O)NC(=O)[C@@H](NC(=O)CCCCCNC(=O)C(S)CC(=O)OC)C(C)C)cc1)C(C)C. The number of thiol groups is 1. The van der Waals surface area contributed by atoms with Crippen molar-refractivity contribution in [2.24, 2.45) is 35.3 Å². The van der Waals surface area contributed by atoms with Gasteiger partial charge in [-0.3, -0.25) is 48.1 Å². The zero-order valence-electron chi connectivity index (χ0n) is 59.5. The van der Waals surface area contributed by atoms with E-state index in [4.69, 9.17) is 19.9 Å². The van der Waals surface area contributed by atoms with Crippen LogP contribution in [-0.2, 0) is 68.7 Å². The molecule has 28 heteroatoms. The average molecular weight is 1380 g/mol. The van der Waals surface area contributed by atoms with Crippen molar-refractivity contribution in [1.29, 1.82) is 0 Å². The van der Waals surface area contributed by atoms with E-state index in [1.807, 2.05) is 32.0 Å². The van der Waals surface area contributed by atoms with Crippen LogP contribution in [0.3, 0.4) is 0 Å². The Hall–Kier alpha value is -7.56. The second-order valence-electron chi connectivity index (χ2n) is 26.2. The molecule has 27 nitrogen and oxygen atoms in total. The number of carbonyl (C=O) groups is 11. The summed E-state index contributed by atoms with van der Waals surface area (Å²) in [5, 5.41) is 29.5. The maximum Gasteiger partial charge on any atom is 0.410 e. The Balaban J connectivity index is 1.67. The van der Waals surface area contributed by atoms with Gasteiger partial charge in [-0.2, -0.15) is 12.6 Å². The number of hydrogen-bond donors (Lipinski definition) is 10. The normalized spacial score (nSPS) is 16.7. The van der Waals surface area contributed by atoms with Gasteiger partial charge >= 0.3 is 18.1 Å². The van der Waals surface area contributed by atoms with Gasteiger partial charge in [0.05, 0.1) is 67.6 Å². The van der Waals surface area contributed by atoms with Crippen molar-refractivity contribution in [2.45, 2.75) is 212 Å². The lowest BCUT2D eigenvalue weighted by Crippen LogP contribution is -2.60. The second-order valence-corrected chi connectivity index (χ2v) is 26.8. The van der Waals surface area contributed by atoms with Gasteiger partial charge in [0.25, 0.3) is 0 Å². The molecular weight excluding hydrogens is 1270 g/mol. The van der Waals surface area contributed by atoms with Crippen molar-refractivity contribution >= 4 is 83.7 Å². The van der Waals surface area contributed by atoms with Crippen molar-refractivity contribution in [2.75, 3.05) is 60.4 Å². The molecular formula is C69H111N11O16S.